The highest BCUT2D eigenvalue weighted by molar-refractivity contribution is 5.91. The quantitative estimate of drug-likeness (QED) is 0.844. The number of hydrogen-bond acceptors (Lipinski definition) is 4. The summed E-state index contributed by atoms with van der Waals surface area (Å²) in [7, 11) is 0. The summed E-state index contributed by atoms with van der Waals surface area (Å²) in [5.74, 6) is -0.149. The molecular formula is C17H27N3O3. The number of nitrogens with one attached hydrogen (secondary N) is 1. The van der Waals surface area contributed by atoms with E-state index in [-0.39, 0.29) is 24.4 Å². The van der Waals surface area contributed by atoms with Gasteiger partial charge in [-0.05, 0) is 59.8 Å². The molecule has 0 unspecified atom stereocenters. The van der Waals surface area contributed by atoms with Gasteiger partial charge in [-0.3, -0.25) is 9.69 Å². The first-order valence-electron chi connectivity index (χ1n) is 8.40. The van der Waals surface area contributed by atoms with Gasteiger partial charge in [-0.1, -0.05) is 0 Å². The van der Waals surface area contributed by atoms with Crippen molar-refractivity contribution in [2.24, 2.45) is 0 Å². The highest BCUT2D eigenvalue weighted by Crippen LogP contribution is 2.45. The molecule has 0 saturated heterocycles. The number of amides is 2. The van der Waals surface area contributed by atoms with Gasteiger partial charge >= 0.3 is 6.09 Å². The molecule has 23 heavy (non-hydrogen) atoms. The highest BCUT2D eigenvalue weighted by Gasteiger charge is 2.56. The molecule has 2 fully saturated rings. The summed E-state index contributed by atoms with van der Waals surface area (Å²) < 4.78 is 5.54. The lowest BCUT2D eigenvalue weighted by Gasteiger charge is -2.49. The average molecular weight is 321 g/mol. The van der Waals surface area contributed by atoms with Crippen molar-refractivity contribution in [1.29, 1.82) is 5.26 Å². The van der Waals surface area contributed by atoms with Crippen LogP contribution in [-0.2, 0) is 9.53 Å². The Labute approximate surface area is 138 Å². The van der Waals surface area contributed by atoms with Gasteiger partial charge in [0, 0.05) is 12.1 Å². The maximum Gasteiger partial charge on any atom is 0.411 e. The number of nitriles is 1. The van der Waals surface area contributed by atoms with Crippen LogP contribution >= 0.6 is 0 Å². The molecule has 0 aromatic rings. The van der Waals surface area contributed by atoms with Crippen LogP contribution in [0.1, 0.15) is 66.2 Å². The van der Waals surface area contributed by atoms with Crippen molar-refractivity contribution in [3.8, 4) is 6.07 Å². The molecule has 2 amide bonds. The van der Waals surface area contributed by atoms with Gasteiger partial charge in [0.2, 0.25) is 5.91 Å². The third-order valence-electron chi connectivity index (χ3n) is 4.34. The molecule has 2 saturated carbocycles. The number of carbonyl (C=O) groups is 2. The van der Waals surface area contributed by atoms with E-state index in [9.17, 15) is 9.59 Å². The largest absolute Gasteiger partial charge is 0.444 e. The molecule has 1 atom stereocenters. The van der Waals surface area contributed by atoms with Crippen molar-refractivity contribution in [3.63, 3.8) is 0 Å². The summed E-state index contributed by atoms with van der Waals surface area (Å²) in [6.45, 7) is 7.30. The van der Waals surface area contributed by atoms with Crippen molar-refractivity contribution < 1.29 is 14.3 Å². The van der Waals surface area contributed by atoms with Crippen LogP contribution < -0.4 is 5.32 Å². The molecule has 0 radical (unpaired) electrons. The van der Waals surface area contributed by atoms with Crippen molar-refractivity contribution in [1.82, 2.24) is 10.2 Å². The Balaban J connectivity index is 2.16. The Hall–Kier alpha value is -1.77. The zero-order valence-corrected chi connectivity index (χ0v) is 14.5. The van der Waals surface area contributed by atoms with Crippen LogP contribution in [0, 0.1) is 11.3 Å². The first-order chi connectivity index (χ1) is 10.7. The summed E-state index contributed by atoms with van der Waals surface area (Å²) in [5.41, 5.74) is -1.38. The van der Waals surface area contributed by atoms with Gasteiger partial charge in [-0.25, -0.2) is 4.79 Å². The van der Waals surface area contributed by atoms with E-state index in [1.54, 1.807) is 4.90 Å². The predicted molar refractivity (Wildman–Crippen MR) is 85.5 cm³/mol. The van der Waals surface area contributed by atoms with Crippen LogP contribution in [0.25, 0.3) is 0 Å². The number of nitrogens with zero attached hydrogens (tertiary/aromatic N) is 2. The molecule has 0 heterocycles. The van der Waals surface area contributed by atoms with Gasteiger partial charge in [-0.2, -0.15) is 5.26 Å². The minimum absolute atomic E-state index is 0.0992. The third-order valence-corrected chi connectivity index (χ3v) is 4.34. The average Bonchev–Trinajstić information content (AvgIpc) is 3.14. The van der Waals surface area contributed by atoms with Crippen LogP contribution in [0.5, 0.6) is 0 Å². The molecule has 0 aromatic carbocycles. The fraction of sp³-hybridized carbons (Fsp3) is 0.824. The standard InChI is InChI=1S/C17H27N3O3/c1-12(8-11-18)19-14(21)17(9-5-10-17)20(13-6-7-13)15(22)23-16(2,3)4/h12-13H,5-10H2,1-4H3,(H,19,21)/t12-/m0/s1. The molecule has 0 aromatic heterocycles. The molecule has 2 aliphatic rings. The highest BCUT2D eigenvalue weighted by atomic mass is 16.6. The Morgan fingerprint density at radius 3 is 2.39 bits per heavy atom. The summed E-state index contributed by atoms with van der Waals surface area (Å²) in [6, 6.07) is 1.94. The first-order valence-corrected chi connectivity index (χ1v) is 8.40. The minimum atomic E-state index is -0.798. The normalized spacial score (nSPS) is 20.7. The zero-order chi connectivity index (χ0) is 17.3. The van der Waals surface area contributed by atoms with Crippen LogP contribution in [0.4, 0.5) is 4.79 Å². The lowest BCUT2D eigenvalue weighted by atomic mass is 9.74. The van der Waals surface area contributed by atoms with Crippen molar-refractivity contribution in [3.05, 3.63) is 0 Å². The van der Waals surface area contributed by atoms with E-state index < -0.39 is 17.2 Å². The molecule has 6 nitrogen and oxygen atoms in total. The second-order valence-electron chi connectivity index (χ2n) is 7.70. The second-order valence-corrected chi connectivity index (χ2v) is 7.70. The third kappa shape index (κ3) is 3.95. The first kappa shape index (κ1) is 17.6. The van der Waals surface area contributed by atoms with E-state index in [1.165, 1.54) is 0 Å². The molecule has 2 aliphatic carbocycles. The van der Waals surface area contributed by atoms with Gasteiger partial charge in [0.25, 0.3) is 0 Å². The van der Waals surface area contributed by atoms with E-state index in [0.717, 1.165) is 19.3 Å². The van der Waals surface area contributed by atoms with Crippen molar-refractivity contribution in [2.75, 3.05) is 0 Å². The van der Waals surface area contributed by atoms with E-state index in [4.69, 9.17) is 10.00 Å². The summed E-state index contributed by atoms with van der Waals surface area (Å²) >= 11 is 0. The number of hydrogen-bond donors (Lipinski definition) is 1. The Morgan fingerprint density at radius 2 is 2.00 bits per heavy atom. The topological polar surface area (TPSA) is 82.4 Å². The van der Waals surface area contributed by atoms with Gasteiger partial charge in [0.1, 0.15) is 11.1 Å². The van der Waals surface area contributed by atoms with Crippen LogP contribution in [0.3, 0.4) is 0 Å². The SMILES string of the molecule is C[C@@H](CC#N)NC(=O)C1(N(C(=O)OC(C)(C)C)C2CC2)CCC1. The van der Waals surface area contributed by atoms with Crippen LogP contribution in [0.2, 0.25) is 0 Å². The summed E-state index contributed by atoms with van der Waals surface area (Å²) in [4.78, 5) is 27.2. The Bertz CT molecular complexity index is 510. The minimum Gasteiger partial charge on any atom is -0.444 e. The fourth-order valence-electron chi connectivity index (χ4n) is 2.95. The van der Waals surface area contributed by atoms with Crippen LogP contribution in [0.15, 0.2) is 0 Å². The lowest BCUT2D eigenvalue weighted by Crippen LogP contribution is -2.66. The van der Waals surface area contributed by atoms with E-state index in [0.29, 0.717) is 12.8 Å². The van der Waals surface area contributed by atoms with E-state index >= 15 is 0 Å². The van der Waals surface area contributed by atoms with Crippen LogP contribution in [-0.4, -0.2) is 40.1 Å². The Kier molecular flexibility index (Phi) is 4.88. The molecule has 0 spiro atoms. The zero-order valence-electron chi connectivity index (χ0n) is 14.5. The van der Waals surface area contributed by atoms with Crippen molar-refractivity contribution >= 4 is 12.0 Å². The smallest absolute Gasteiger partial charge is 0.411 e. The monoisotopic (exact) mass is 321 g/mol. The number of rotatable bonds is 5. The summed E-state index contributed by atoms with van der Waals surface area (Å²) in [5, 5.41) is 11.7. The maximum absolute atomic E-state index is 12.8. The van der Waals surface area contributed by atoms with Gasteiger partial charge in [0.05, 0.1) is 12.5 Å². The fourth-order valence-corrected chi connectivity index (χ4v) is 2.95. The molecule has 6 heteroatoms. The second kappa shape index (κ2) is 6.38. The molecule has 0 aliphatic heterocycles. The van der Waals surface area contributed by atoms with Gasteiger partial charge in [-0.15, -0.1) is 0 Å². The molecule has 2 rings (SSSR count). The van der Waals surface area contributed by atoms with Crippen molar-refractivity contribution in [2.45, 2.75) is 89.4 Å². The van der Waals surface area contributed by atoms with E-state index in [2.05, 4.69) is 11.4 Å². The molecule has 0 bridgehead atoms. The number of carbonyl (C=O) groups excluding carboxylic acids is 2. The Morgan fingerprint density at radius 1 is 1.39 bits per heavy atom. The maximum atomic E-state index is 12.8. The summed E-state index contributed by atoms with van der Waals surface area (Å²) in [6.07, 6.45) is 3.94. The van der Waals surface area contributed by atoms with Gasteiger partial charge in [0.15, 0.2) is 0 Å². The molecule has 1 N–H and O–H groups in total. The number of ether oxygens (including phenoxy) is 1. The molecular weight excluding hydrogens is 294 g/mol. The lowest BCUT2D eigenvalue weighted by molar-refractivity contribution is -0.140. The van der Waals surface area contributed by atoms with Gasteiger partial charge < -0.3 is 10.1 Å². The molecule has 128 valence electrons. The predicted octanol–water partition coefficient (Wildman–Crippen LogP) is 2.73. The van der Waals surface area contributed by atoms with E-state index in [1.807, 2.05) is 27.7 Å².